The molecule has 9 heteroatoms. The molecule has 0 unspecified atom stereocenters. The fourth-order valence-corrected chi connectivity index (χ4v) is 2.82. The van der Waals surface area contributed by atoms with Crippen LogP contribution in [0.2, 0.25) is 0 Å². The van der Waals surface area contributed by atoms with Crippen LogP contribution in [0.1, 0.15) is 21.7 Å². The van der Waals surface area contributed by atoms with Gasteiger partial charge >= 0.3 is 11.6 Å². The molecule has 0 radical (unpaired) electrons. The molecule has 0 fully saturated rings. The number of thioether (sulfide) groups is 1. The van der Waals surface area contributed by atoms with Crippen LogP contribution in [0.5, 0.6) is 0 Å². The van der Waals surface area contributed by atoms with E-state index in [-0.39, 0.29) is 21.9 Å². The lowest BCUT2D eigenvalue weighted by atomic mass is 10.1. The molecule has 138 valence electrons. The number of hydrogen-bond acceptors (Lipinski definition) is 6. The molecule has 26 heavy (non-hydrogen) atoms. The van der Waals surface area contributed by atoms with Crippen LogP contribution in [0.25, 0.3) is 0 Å². The topological polar surface area (TPSA) is 85.6 Å². The number of halogens is 2. The van der Waals surface area contributed by atoms with Crippen LogP contribution in [0, 0.1) is 13.8 Å². The second-order valence-corrected chi connectivity index (χ2v) is 6.21. The molecule has 0 saturated carbocycles. The number of benzene rings is 1. The number of aryl methyl sites for hydroxylation is 2. The number of carbonyl (C=O) groups is 2. The van der Waals surface area contributed by atoms with Crippen molar-refractivity contribution in [1.82, 2.24) is 0 Å². The second kappa shape index (κ2) is 8.61. The Balaban J connectivity index is 2.02. The van der Waals surface area contributed by atoms with Gasteiger partial charge in [-0.2, -0.15) is 8.78 Å². The van der Waals surface area contributed by atoms with Gasteiger partial charge in [-0.1, -0.05) is 23.9 Å². The molecule has 0 atom stereocenters. The molecule has 0 spiro atoms. The third kappa shape index (κ3) is 5.16. The minimum absolute atomic E-state index is 0.0612. The summed E-state index contributed by atoms with van der Waals surface area (Å²) >= 11 is 0.296. The van der Waals surface area contributed by atoms with Crippen LogP contribution < -0.4 is 10.9 Å². The number of ether oxygens (including phenoxy) is 1. The summed E-state index contributed by atoms with van der Waals surface area (Å²) in [5.41, 5.74) is 0.0215. The van der Waals surface area contributed by atoms with Crippen LogP contribution >= 0.6 is 11.8 Å². The number of amides is 1. The summed E-state index contributed by atoms with van der Waals surface area (Å²) in [6, 6.07) is 7.19. The molecule has 2 rings (SSSR count). The summed E-state index contributed by atoms with van der Waals surface area (Å²) in [4.78, 5) is 35.5. The van der Waals surface area contributed by atoms with E-state index < -0.39 is 29.9 Å². The SMILES string of the molecule is Cc1cc(=O)oc(C)c1C(=O)OCC(=O)Nc1ccccc1SC(F)F. The first-order valence-electron chi connectivity index (χ1n) is 7.40. The average Bonchev–Trinajstić information content (AvgIpc) is 2.53. The second-order valence-electron chi connectivity index (χ2n) is 5.18. The van der Waals surface area contributed by atoms with E-state index in [1.165, 1.54) is 19.1 Å². The molecule has 0 aliphatic rings. The summed E-state index contributed by atoms with van der Waals surface area (Å²) < 4.78 is 34.8. The van der Waals surface area contributed by atoms with E-state index in [4.69, 9.17) is 9.15 Å². The van der Waals surface area contributed by atoms with Gasteiger partial charge in [0.05, 0.1) is 5.69 Å². The van der Waals surface area contributed by atoms with Gasteiger partial charge in [0.15, 0.2) is 6.61 Å². The number of nitrogens with one attached hydrogen (secondary N) is 1. The van der Waals surface area contributed by atoms with Crippen molar-refractivity contribution < 1.29 is 27.5 Å². The lowest BCUT2D eigenvalue weighted by Gasteiger charge is -2.11. The summed E-state index contributed by atoms with van der Waals surface area (Å²) in [6.45, 7) is 2.35. The largest absolute Gasteiger partial charge is 0.452 e. The minimum atomic E-state index is -2.63. The highest BCUT2D eigenvalue weighted by molar-refractivity contribution is 7.99. The third-order valence-electron chi connectivity index (χ3n) is 3.25. The first-order chi connectivity index (χ1) is 12.3. The molecule has 0 aliphatic carbocycles. The van der Waals surface area contributed by atoms with E-state index in [1.807, 2.05) is 0 Å². The molecular weight excluding hydrogens is 368 g/mol. The molecule has 1 aromatic heterocycles. The van der Waals surface area contributed by atoms with Crippen LogP contribution in [-0.4, -0.2) is 24.2 Å². The van der Waals surface area contributed by atoms with Gasteiger partial charge in [-0.25, -0.2) is 9.59 Å². The van der Waals surface area contributed by atoms with Gasteiger partial charge in [0.25, 0.3) is 11.7 Å². The van der Waals surface area contributed by atoms with Gasteiger partial charge < -0.3 is 14.5 Å². The molecular formula is C17H15F2NO5S. The van der Waals surface area contributed by atoms with Crippen molar-refractivity contribution in [2.24, 2.45) is 0 Å². The molecule has 0 bridgehead atoms. The van der Waals surface area contributed by atoms with E-state index in [1.54, 1.807) is 19.1 Å². The maximum Gasteiger partial charge on any atom is 0.342 e. The predicted octanol–water partition coefficient (Wildman–Crippen LogP) is 3.37. The van der Waals surface area contributed by atoms with Crippen LogP contribution in [0.3, 0.4) is 0 Å². The molecule has 0 aliphatic heterocycles. The number of alkyl halides is 2. The zero-order chi connectivity index (χ0) is 19.3. The summed E-state index contributed by atoms with van der Waals surface area (Å²) in [7, 11) is 0. The number of rotatable bonds is 6. The minimum Gasteiger partial charge on any atom is -0.452 e. The van der Waals surface area contributed by atoms with Gasteiger partial charge in [0.1, 0.15) is 11.3 Å². The van der Waals surface area contributed by atoms with E-state index >= 15 is 0 Å². The molecule has 1 aromatic carbocycles. The standard InChI is InChI=1S/C17H15F2NO5S/c1-9-7-14(22)25-10(2)15(9)16(23)24-8-13(21)20-11-5-3-4-6-12(11)26-17(18)19/h3-7,17H,8H2,1-2H3,(H,20,21). The zero-order valence-electron chi connectivity index (χ0n) is 13.9. The van der Waals surface area contributed by atoms with Crippen molar-refractivity contribution in [3.05, 3.63) is 57.6 Å². The van der Waals surface area contributed by atoms with Gasteiger partial charge in [0.2, 0.25) is 0 Å². The van der Waals surface area contributed by atoms with Crippen molar-refractivity contribution in [2.45, 2.75) is 24.5 Å². The average molecular weight is 383 g/mol. The Morgan fingerprint density at radius 2 is 1.96 bits per heavy atom. The van der Waals surface area contributed by atoms with Gasteiger partial charge in [-0.05, 0) is 31.5 Å². The highest BCUT2D eigenvalue weighted by Gasteiger charge is 2.18. The van der Waals surface area contributed by atoms with Gasteiger partial charge in [-0.15, -0.1) is 0 Å². The lowest BCUT2D eigenvalue weighted by molar-refractivity contribution is -0.119. The fourth-order valence-electron chi connectivity index (χ4n) is 2.22. The van der Waals surface area contributed by atoms with Gasteiger partial charge in [-0.3, -0.25) is 4.79 Å². The Hall–Kier alpha value is -2.68. The van der Waals surface area contributed by atoms with E-state index in [0.29, 0.717) is 17.3 Å². The number of esters is 1. The molecule has 2 aromatic rings. The first-order valence-corrected chi connectivity index (χ1v) is 8.28. The van der Waals surface area contributed by atoms with E-state index in [9.17, 15) is 23.2 Å². The van der Waals surface area contributed by atoms with E-state index in [2.05, 4.69) is 5.32 Å². The van der Waals surface area contributed by atoms with Crippen molar-refractivity contribution >= 4 is 29.3 Å². The summed E-state index contributed by atoms with van der Waals surface area (Å²) in [5, 5.41) is 2.42. The first kappa shape index (κ1) is 19.6. The number of anilines is 1. The van der Waals surface area contributed by atoms with Crippen molar-refractivity contribution in [3.8, 4) is 0 Å². The van der Waals surface area contributed by atoms with Crippen molar-refractivity contribution in [3.63, 3.8) is 0 Å². The summed E-state index contributed by atoms with van der Waals surface area (Å²) in [6.07, 6.45) is 0. The zero-order valence-corrected chi connectivity index (χ0v) is 14.7. The number of carbonyl (C=O) groups excluding carboxylic acids is 2. The Kier molecular flexibility index (Phi) is 6.51. The Morgan fingerprint density at radius 1 is 1.27 bits per heavy atom. The monoisotopic (exact) mass is 383 g/mol. The molecule has 1 amide bonds. The molecule has 1 N–H and O–H groups in total. The van der Waals surface area contributed by atoms with Gasteiger partial charge in [0, 0.05) is 11.0 Å². The smallest absolute Gasteiger partial charge is 0.342 e. The third-order valence-corrected chi connectivity index (χ3v) is 4.04. The highest BCUT2D eigenvalue weighted by atomic mass is 32.2. The quantitative estimate of drug-likeness (QED) is 0.608. The van der Waals surface area contributed by atoms with Crippen LogP contribution in [0.4, 0.5) is 14.5 Å². The maximum absolute atomic E-state index is 12.5. The maximum atomic E-state index is 12.5. The van der Waals surface area contributed by atoms with Crippen molar-refractivity contribution in [1.29, 1.82) is 0 Å². The highest BCUT2D eigenvalue weighted by Crippen LogP contribution is 2.31. The number of para-hydroxylation sites is 1. The predicted molar refractivity (Wildman–Crippen MR) is 91.7 cm³/mol. The lowest BCUT2D eigenvalue weighted by Crippen LogP contribution is -2.22. The summed E-state index contributed by atoms with van der Waals surface area (Å²) in [5.74, 6) is -4.06. The Labute approximate surface area is 151 Å². The Bertz CT molecular complexity index is 855. The van der Waals surface area contributed by atoms with Crippen LogP contribution in [0.15, 0.2) is 44.4 Å². The normalized spacial score (nSPS) is 10.7. The number of hydrogen-bond donors (Lipinski definition) is 1. The molecule has 1 heterocycles. The molecule has 0 saturated heterocycles. The fraction of sp³-hybridized carbons (Fsp3) is 0.235. The van der Waals surface area contributed by atoms with Crippen molar-refractivity contribution in [2.75, 3.05) is 11.9 Å². The van der Waals surface area contributed by atoms with Crippen LogP contribution in [-0.2, 0) is 9.53 Å². The molecule has 6 nitrogen and oxygen atoms in total. The Morgan fingerprint density at radius 3 is 2.62 bits per heavy atom. The van der Waals surface area contributed by atoms with E-state index in [0.717, 1.165) is 6.07 Å².